The molecule has 6 rings (SSSR count). The Labute approximate surface area is 191 Å². The number of aliphatic hydroxyl groups is 1. The third-order valence-corrected chi connectivity index (χ3v) is 6.92. The second-order valence-electron chi connectivity index (χ2n) is 9.02. The van der Waals surface area contributed by atoms with Crippen LogP contribution in [-0.4, -0.2) is 75.7 Å². The Balaban J connectivity index is 1.04. The van der Waals surface area contributed by atoms with E-state index in [9.17, 15) is 9.90 Å². The lowest BCUT2D eigenvalue weighted by atomic mass is 10.0. The van der Waals surface area contributed by atoms with Crippen LogP contribution in [0.5, 0.6) is 11.5 Å². The highest BCUT2D eigenvalue weighted by Gasteiger charge is 2.38. The summed E-state index contributed by atoms with van der Waals surface area (Å²) in [6.07, 6.45) is 8.00. The van der Waals surface area contributed by atoms with Crippen molar-refractivity contribution in [2.75, 3.05) is 37.7 Å². The highest BCUT2D eigenvalue weighted by Crippen LogP contribution is 2.34. The second kappa shape index (κ2) is 8.44. The van der Waals surface area contributed by atoms with E-state index in [-0.39, 0.29) is 11.6 Å². The lowest BCUT2D eigenvalue weighted by Crippen LogP contribution is -2.50. The quantitative estimate of drug-likeness (QED) is 0.658. The van der Waals surface area contributed by atoms with E-state index < -0.39 is 6.23 Å². The molecule has 0 bridgehead atoms. The van der Waals surface area contributed by atoms with Crippen LogP contribution < -0.4 is 25.2 Å². The Morgan fingerprint density at radius 1 is 1.12 bits per heavy atom. The fourth-order valence-corrected chi connectivity index (χ4v) is 5.24. The summed E-state index contributed by atoms with van der Waals surface area (Å²) in [4.78, 5) is 25.4. The molecule has 2 unspecified atom stereocenters. The van der Waals surface area contributed by atoms with Crippen LogP contribution in [0.3, 0.4) is 0 Å². The van der Waals surface area contributed by atoms with Crippen molar-refractivity contribution in [2.24, 2.45) is 0 Å². The Bertz CT molecular complexity index is 1130. The normalized spacial score (nSPS) is 24.2. The molecule has 2 N–H and O–H groups in total. The van der Waals surface area contributed by atoms with Crippen LogP contribution in [0.25, 0.3) is 6.08 Å². The molecule has 10 nitrogen and oxygen atoms in total. The van der Waals surface area contributed by atoms with Crippen LogP contribution >= 0.6 is 0 Å². The highest BCUT2D eigenvalue weighted by atomic mass is 16.6. The molecular weight excluding hydrogens is 424 g/mol. The Morgan fingerprint density at radius 3 is 2.79 bits per heavy atom. The predicted molar refractivity (Wildman–Crippen MR) is 121 cm³/mol. The first-order chi connectivity index (χ1) is 16.2. The van der Waals surface area contributed by atoms with Crippen LogP contribution in [-0.2, 0) is 13.1 Å². The van der Waals surface area contributed by atoms with Crippen LogP contribution in [0, 0.1) is 0 Å². The third-order valence-electron chi connectivity index (χ3n) is 6.92. The van der Waals surface area contributed by atoms with Crippen molar-refractivity contribution in [1.82, 2.24) is 24.8 Å². The molecule has 0 amide bonds. The summed E-state index contributed by atoms with van der Waals surface area (Å²) in [5.41, 5.74) is 1.59. The van der Waals surface area contributed by atoms with Crippen molar-refractivity contribution in [2.45, 2.75) is 44.2 Å². The molecule has 174 valence electrons. The van der Waals surface area contributed by atoms with Crippen molar-refractivity contribution in [3.05, 3.63) is 46.3 Å². The van der Waals surface area contributed by atoms with E-state index in [1.165, 1.54) is 6.20 Å². The number of pyridine rings is 1. The van der Waals surface area contributed by atoms with Gasteiger partial charge >= 0.3 is 0 Å². The largest absolute Gasteiger partial charge is 0.486 e. The van der Waals surface area contributed by atoms with Gasteiger partial charge in [-0.1, -0.05) is 0 Å². The first kappa shape index (κ1) is 20.6. The predicted octanol–water partition coefficient (Wildman–Crippen LogP) is 0.198. The molecule has 4 aliphatic rings. The van der Waals surface area contributed by atoms with Gasteiger partial charge < -0.3 is 29.7 Å². The first-order valence-electron chi connectivity index (χ1n) is 11.6. The lowest BCUT2D eigenvalue weighted by Gasteiger charge is -2.38. The van der Waals surface area contributed by atoms with Crippen LogP contribution in [0.4, 0.5) is 5.82 Å². The minimum Gasteiger partial charge on any atom is -0.486 e. The van der Waals surface area contributed by atoms with Gasteiger partial charge in [0, 0.05) is 31.7 Å². The van der Waals surface area contributed by atoms with Crippen LogP contribution in [0.15, 0.2) is 29.3 Å². The number of rotatable bonds is 5. The summed E-state index contributed by atoms with van der Waals surface area (Å²) in [5.74, 6) is 2.23. The maximum Gasteiger partial charge on any atom is 0.270 e. The number of aliphatic hydroxyl groups excluding tert-OH is 1. The zero-order chi connectivity index (χ0) is 22.4. The first-order valence-corrected chi connectivity index (χ1v) is 11.6. The molecule has 0 aliphatic carbocycles. The van der Waals surface area contributed by atoms with Crippen molar-refractivity contribution in [1.29, 1.82) is 0 Å². The van der Waals surface area contributed by atoms with Gasteiger partial charge in [-0.3, -0.25) is 14.3 Å². The maximum atomic E-state index is 12.3. The van der Waals surface area contributed by atoms with E-state index in [4.69, 9.17) is 9.47 Å². The average molecular weight is 453 g/mol. The Morgan fingerprint density at radius 2 is 1.94 bits per heavy atom. The summed E-state index contributed by atoms with van der Waals surface area (Å²) in [5, 5.41) is 14.2. The number of fused-ring (bicyclic) bond motifs is 1. The molecular formula is C23H28N6O4. The SMILES string of the molecule is O=c1cnc2c3n1CC(CN1CCC(NCc4cc5c(cn4)OCCO5)CC1)N3C(O)C=C2. The molecule has 2 atom stereocenters. The number of likely N-dealkylation sites (tertiary alicyclic amines) is 1. The van der Waals surface area contributed by atoms with E-state index in [0.29, 0.717) is 38.1 Å². The lowest BCUT2D eigenvalue weighted by molar-refractivity contribution is 0.161. The summed E-state index contributed by atoms with van der Waals surface area (Å²) in [6.45, 7) is 5.17. The zero-order valence-corrected chi connectivity index (χ0v) is 18.4. The monoisotopic (exact) mass is 452 g/mol. The van der Waals surface area contributed by atoms with Crippen molar-refractivity contribution >= 4 is 11.9 Å². The number of nitrogens with one attached hydrogen (secondary N) is 1. The summed E-state index contributed by atoms with van der Waals surface area (Å²) in [7, 11) is 0. The third kappa shape index (κ3) is 3.88. The van der Waals surface area contributed by atoms with Gasteiger partial charge in [-0.2, -0.15) is 0 Å². The molecule has 0 spiro atoms. The number of anilines is 1. The van der Waals surface area contributed by atoms with Crippen molar-refractivity contribution in [3.63, 3.8) is 0 Å². The molecule has 0 radical (unpaired) electrons. The van der Waals surface area contributed by atoms with Crippen molar-refractivity contribution in [3.8, 4) is 11.5 Å². The van der Waals surface area contributed by atoms with E-state index in [0.717, 1.165) is 55.4 Å². The van der Waals surface area contributed by atoms with Gasteiger partial charge in [0.05, 0.1) is 24.1 Å². The van der Waals surface area contributed by atoms with Gasteiger partial charge in [0.15, 0.2) is 11.5 Å². The van der Waals surface area contributed by atoms with E-state index >= 15 is 0 Å². The average Bonchev–Trinajstić information content (AvgIpc) is 3.23. The summed E-state index contributed by atoms with van der Waals surface area (Å²) in [6, 6.07) is 2.43. The number of nitrogens with zero attached hydrogens (tertiary/aromatic N) is 5. The fraction of sp³-hybridized carbons (Fsp3) is 0.522. The molecule has 6 heterocycles. The number of hydrogen-bond donors (Lipinski definition) is 2. The molecule has 4 aliphatic heterocycles. The number of hydrogen-bond acceptors (Lipinski definition) is 9. The molecule has 0 saturated carbocycles. The van der Waals surface area contributed by atoms with Gasteiger partial charge in [0.25, 0.3) is 5.56 Å². The van der Waals surface area contributed by atoms with Gasteiger partial charge in [-0.15, -0.1) is 0 Å². The molecule has 1 saturated heterocycles. The van der Waals surface area contributed by atoms with Gasteiger partial charge in [0.2, 0.25) is 0 Å². The molecule has 2 aromatic heterocycles. The standard InChI is InChI=1S/C23H28N6O4/c30-21-2-1-18-23-28(22(31)12-26-18)14-17(29(21)23)13-27-5-3-15(4-6-27)24-10-16-9-19-20(11-25-16)33-8-7-32-19/h1-2,9,11-12,15,17,21,24,30H,3-8,10,13-14H2. The summed E-state index contributed by atoms with van der Waals surface area (Å²) < 4.78 is 12.9. The Kier molecular flexibility index (Phi) is 5.28. The van der Waals surface area contributed by atoms with Gasteiger partial charge in [0.1, 0.15) is 31.0 Å². The number of piperidine rings is 1. The Hall–Kier alpha value is -2.95. The fourth-order valence-electron chi connectivity index (χ4n) is 5.24. The number of aromatic nitrogens is 3. The number of ether oxygens (including phenoxy) is 2. The van der Waals surface area contributed by atoms with Crippen molar-refractivity contribution < 1.29 is 14.6 Å². The smallest absolute Gasteiger partial charge is 0.270 e. The second-order valence-corrected chi connectivity index (χ2v) is 9.02. The topological polar surface area (TPSA) is 105 Å². The van der Waals surface area contributed by atoms with E-state index in [1.807, 2.05) is 11.0 Å². The van der Waals surface area contributed by atoms with E-state index in [2.05, 4.69) is 20.2 Å². The van der Waals surface area contributed by atoms with Crippen LogP contribution in [0.1, 0.15) is 24.2 Å². The molecule has 1 fully saturated rings. The van der Waals surface area contributed by atoms with Crippen LogP contribution in [0.2, 0.25) is 0 Å². The highest BCUT2D eigenvalue weighted by molar-refractivity contribution is 5.67. The van der Waals surface area contributed by atoms with E-state index in [1.54, 1.807) is 22.9 Å². The molecule has 0 aromatic carbocycles. The van der Waals surface area contributed by atoms with Gasteiger partial charge in [-0.05, 0) is 38.1 Å². The molecule has 10 heteroatoms. The zero-order valence-electron chi connectivity index (χ0n) is 18.4. The maximum absolute atomic E-state index is 12.3. The molecule has 33 heavy (non-hydrogen) atoms. The minimum absolute atomic E-state index is 0.0482. The van der Waals surface area contributed by atoms with Gasteiger partial charge in [-0.25, -0.2) is 4.98 Å². The molecule has 2 aromatic rings. The summed E-state index contributed by atoms with van der Waals surface area (Å²) >= 11 is 0. The minimum atomic E-state index is -0.724.